The van der Waals surface area contributed by atoms with Crippen molar-refractivity contribution in [2.24, 2.45) is 5.92 Å². The van der Waals surface area contributed by atoms with Gasteiger partial charge in [-0.25, -0.2) is 4.39 Å². The summed E-state index contributed by atoms with van der Waals surface area (Å²) in [5.41, 5.74) is 0.327. The topological polar surface area (TPSA) is 58.2 Å². The lowest BCUT2D eigenvalue weighted by Crippen LogP contribution is -2.35. The van der Waals surface area contributed by atoms with Crippen molar-refractivity contribution in [3.8, 4) is 0 Å². The summed E-state index contributed by atoms with van der Waals surface area (Å²) in [6, 6.07) is 4.50. The maximum absolute atomic E-state index is 13.4. The van der Waals surface area contributed by atoms with Crippen LogP contribution in [-0.4, -0.2) is 24.9 Å². The molecule has 0 radical (unpaired) electrons. The summed E-state index contributed by atoms with van der Waals surface area (Å²) >= 11 is 3.24. The smallest absolute Gasteiger partial charge is 0.244 e. The summed E-state index contributed by atoms with van der Waals surface area (Å²) in [7, 11) is 0. The van der Waals surface area contributed by atoms with Crippen molar-refractivity contribution >= 4 is 33.8 Å². The fourth-order valence-electron chi connectivity index (χ4n) is 1.44. The van der Waals surface area contributed by atoms with Gasteiger partial charge >= 0.3 is 0 Å². The Morgan fingerprint density at radius 1 is 1.29 bits per heavy atom. The van der Waals surface area contributed by atoms with Gasteiger partial charge in [-0.2, -0.15) is 0 Å². The van der Waals surface area contributed by atoms with E-state index in [1.54, 1.807) is 26.0 Å². The number of carbonyl (C=O) groups is 2. The van der Waals surface area contributed by atoms with Gasteiger partial charge in [0.15, 0.2) is 0 Å². The molecule has 0 heterocycles. The molecule has 0 aromatic heterocycles. The molecule has 2 N–H and O–H groups in total. The zero-order valence-electron chi connectivity index (χ0n) is 12.0. The van der Waals surface area contributed by atoms with Crippen molar-refractivity contribution in [3.05, 3.63) is 40.1 Å². The zero-order chi connectivity index (χ0) is 15.8. The Morgan fingerprint density at radius 2 is 1.95 bits per heavy atom. The Balaban J connectivity index is 2.38. The third kappa shape index (κ3) is 6.53. The van der Waals surface area contributed by atoms with Crippen LogP contribution >= 0.6 is 15.9 Å². The van der Waals surface area contributed by atoms with Crippen LogP contribution in [0, 0.1) is 11.7 Å². The van der Waals surface area contributed by atoms with Gasteiger partial charge in [0.2, 0.25) is 11.8 Å². The minimum Gasteiger partial charge on any atom is -0.354 e. The first kappa shape index (κ1) is 17.4. The lowest BCUT2D eigenvalue weighted by atomic mass is 10.2. The van der Waals surface area contributed by atoms with Gasteiger partial charge in [0, 0.05) is 35.1 Å². The van der Waals surface area contributed by atoms with Gasteiger partial charge in [0.25, 0.3) is 0 Å². The van der Waals surface area contributed by atoms with Gasteiger partial charge in [-0.05, 0) is 24.3 Å². The summed E-state index contributed by atoms with van der Waals surface area (Å²) < 4.78 is 14.2. The van der Waals surface area contributed by atoms with Crippen LogP contribution in [0.25, 0.3) is 6.08 Å². The molecule has 0 aliphatic carbocycles. The van der Waals surface area contributed by atoms with E-state index >= 15 is 0 Å². The van der Waals surface area contributed by atoms with Gasteiger partial charge in [0.1, 0.15) is 5.82 Å². The van der Waals surface area contributed by atoms with Gasteiger partial charge < -0.3 is 10.6 Å². The number of rotatable bonds is 6. The SMILES string of the molecule is CC(C)C(=O)NCCNC(=O)C=Cc1cc(Br)ccc1F. The number of carbonyl (C=O) groups excluding carboxylic acids is 2. The van der Waals surface area contributed by atoms with E-state index in [2.05, 4.69) is 26.6 Å². The third-order valence-electron chi connectivity index (χ3n) is 2.62. The van der Waals surface area contributed by atoms with E-state index < -0.39 is 5.82 Å². The molecule has 1 aromatic carbocycles. The largest absolute Gasteiger partial charge is 0.354 e. The van der Waals surface area contributed by atoms with E-state index in [1.165, 1.54) is 18.2 Å². The highest BCUT2D eigenvalue weighted by Gasteiger charge is 2.05. The normalized spacial score (nSPS) is 10.9. The molecule has 6 heteroatoms. The molecule has 0 aliphatic rings. The Morgan fingerprint density at radius 3 is 2.62 bits per heavy atom. The molecule has 2 amide bonds. The Bertz CT molecular complexity index is 544. The maximum atomic E-state index is 13.4. The number of hydrogen-bond acceptors (Lipinski definition) is 2. The van der Waals surface area contributed by atoms with E-state index in [0.717, 1.165) is 4.47 Å². The molecule has 0 atom stereocenters. The molecule has 0 unspecified atom stereocenters. The lowest BCUT2D eigenvalue weighted by Gasteiger charge is -2.07. The standard InChI is InChI=1S/C15H18BrFN2O2/c1-10(2)15(21)19-8-7-18-14(20)6-3-11-9-12(16)4-5-13(11)17/h3-6,9-10H,7-8H2,1-2H3,(H,18,20)(H,19,21). The predicted octanol–water partition coefficient (Wildman–Crippen LogP) is 2.49. The van der Waals surface area contributed by atoms with Crippen LogP contribution in [0.5, 0.6) is 0 Å². The minimum absolute atomic E-state index is 0.0593. The van der Waals surface area contributed by atoms with E-state index in [4.69, 9.17) is 0 Å². The van der Waals surface area contributed by atoms with Crippen molar-refractivity contribution in [1.29, 1.82) is 0 Å². The van der Waals surface area contributed by atoms with Gasteiger partial charge in [-0.1, -0.05) is 29.8 Å². The summed E-state index contributed by atoms with van der Waals surface area (Å²) in [5, 5.41) is 5.29. The molecule has 114 valence electrons. The highest BCUT2D eigenvalue weighted by molar-refractivity contribution is 9.10. The average Bonchev–Trinajstić information content (AvgIpc) is 2.44. The van der Waals surface area contributed by atoms with Crippen LogP contribution in [0.1, 0.15) is 19.4 Å². The Labute approximate surface area is 131 Å². The fraction of sp³-hybridized carbons (Fsp3) is 0.333. The van der Waals surface area contributed by atoms with Crippen molar-refractivity contribution in [1.82, 2.24) is 10.6 Å². The lowest BCUT2D eigenvalue weighted by molar-refractivity contribution is -0.124. The first-order chi connectivity index (χ1) is 9.90. The number of hydrogen-bond donors (Lipinski definition) is 2. The summed E-state index contributed by atoms with van der Waals surface area (Å²) in [5.74, 6) is -0.879. The maximum Gasteiger partial charge on any atom is 0.244 e. The predicted molar refractivity (Wildman–Crippen MR) is 84.0 cm³/mol. The first-order valence-electron chi connectivity index (χ1n) is 6.59. The number of halogens is 2. The molecule has 0 aliphatic heterocycles. The minimum atomic E-state index is -0.397. The van der Waals surface area contributed by atoms with E-state index in [-0.39, 0.29) is 17.7 Å². The van der Waals surface area contributed by atoms with Crippen LogP contribution in [0.4, 0.5) is 4.39 Å². The molecule has 0 spiro atoms. The average molecular weight is 357 g/mol. The molecule has 21 heavy (non-hydrogen) atoms. The van der Waals surface area contributed by atoms with E-state index in [1.807, 2.05) is 0 Å². The number of amides is 2. The Hall–Kier alpha value is -1.69. The third-order valence-corrected chi connectivity index (χ3v) is 3.11. The van der Waals surface area contributed by atoms with Gasteiger partial charge in [-0.15, -0.1) is 0 Å². The molecule has 1 aromatic rings. The van der Waals surface area contributed by atoms with E-state index in [9.17, 15) is 14.0 Å². The van der Waals surface area contributed by atoms with Crippen molar-refractivity contribution in [2.75, 3.05) is 13.1 Å². The van der Waals surface area contributed by atoms with Gasteiger partial charge in [-0.3, -0.25) is 9.59 Å². The van der Waals surface area contributed by atoms with E-state index in [0.29, 0.717) is 18.7 Å². The summed E-state index contributed by atoms with van der Waals surface area (Å²) in [6.45, 7) is 4.27. The van der Waals surface area contributed by atoms with Crippen molar-refractivity contribution in [2.45, 2.75) is 13.8 Å². The van der Waals surface area contributed by atoms with Crippen molar-refractivity contribution in [3.63, 3.8) is 0 Å². The van der Waals surface area contributed by atoms with Crippen LogP contribution in [0.2, 0.25) is 0 Å². The molecule has 0 bridgehead atoms. The second-order valence-corrected chi connectivity index (χ2v) is 5.65. The quantitative estimate of drug-likeness (QED) is 0.607. The molecule has 0 saturated carbocycles. The number of nitrogens with one attached hydrogen (secondary N) is 2. The monoisotopic (exact) mass is 356 g/mol. The first-order valence-corrected chi connectivity index (χ1v) is 7.38. The van der Waals surface area contributed by atoms with Crippen molar-refractivity contribution < 1.29 is 14.0 Å². The molecular formula is C15H18BrFN2O2. The van der Waals surface area contributed by atoms with Crippen LogP contribution < -0.4 is 10.6 Å². The molecule has 1 rings (SSSR count). The van der Waals surface area contributed by atoms with Gasteiger partial charge in [0.05, 0.1) is 0 Å². The summed E-state index contributed by atoms with van der Waals surface area (Å²) in [4.78, 5) is 22.8. The molecule has 0 fully saturated rings. The number of benzene rings is 1. The summed E-state index contributed by atoms with van der Waals surface area (Å²) in [6.07, 6.45) is 2.66. The highest BCUT2D eigenvalue weighted by Crippen LogP contribution is 2.16. The molecular weight excluding hydrogens is 339 g/mol. The van der Waals surface area contributed by atoms with Crippen LogP contribution in [0.3, 0.4) is 0 Å². The second kappa shape index (κ2) is 8.56. The van der Waals surface area contributed by atoms with Crippen LogP contribution in [0.15, 0.2) is 28.7 Å². The zero-order valence-corrected chi connectivity index (χ0v) is 13.5. The fourth-order valence-corrected chi connectivity index (χ4v) is 1.82. The Kier molecular flexibility index (Phi) is 7.08. The van der Waals surface area contributed by atoms with Crippen LogP contribution in [-0.2, 0) is 9.59 Å². The second-order valence-electron chi connectivity index (χ2n) is 4.74. The highest BCUT2D eigenvalue weighted by atomic mass is 79.9. The molecule has 0 saturated heterocycles. The molecule has 4 nitrogen and oxygen atoms in total.